The first kappa shape index (κ1) is 11.7. The summed E-state index contributed by atoms with van der Waals surface area (Å²) in [4.78, 5) is 10.1. The van der Waals surface area contributed by atoms with Gasteiger partial charge in [-0.1, -0.05) is 13.8 Å². The third-order valence-electron chi connectivity index (χ3n) is 3.50. The van der Waals surface area contributed by atoms with Gasteiger partial charge in [-0.15, -0.1) is 0 Å². The van der Waals surface area contributed by atoms with Crippen LogP contribution in [0.4, 0.5) is 17.1 Å². The molecule has 5 heteroatoms. The number of nitrogen functional groups attached to an aromatic ring is 1. The van der Waals surface area contributed by atoms with Crippen molar-refractivity contribution in [3.05, 3.63) is 28.3 Å². The molecule has 1 fully saturated rings. The van der Waals surface area contributed by atoms with E-state index in [0.717, 1.165) is 12.2 Å². The average Bonchev–Trinajstić information content (AvgIpc) is 2.84. The molecule has 0 aromatic heterocycles. The summed E-state index contributed by atoms with van der Waals surface area (Å²) < 4.78 is 0. The van der Waals surface area contributed by atoms with Crippen LogP contribution >= 0.6 is 0 Å². The van der Waals surface area contributed by atoms with Gasteiger partial charge >= 0.3 is 0 Å². The highest BCUT2D eigenvalue weighted by Gasteiger charge is 2.44. The zero-order valence-corrected chi connectivity index (χ0v) is 10.1. The second kappa shape index (κ2) is 3.91. The lowest BCUT2D eigenvalue weighted by atomic mass is 10.1. The first-order valence-electron chi connectivity index (χ1n) is 5.68. The van der Waals surface area contributed by atoms with E-state index >= 15 is 0 Å². The second-order valence-electron chi connectivity index (χ2n) is 5.30. The van der Waals surface area contributed by atoms with Crippen molar-refractivity contribution in [1.29, 1.82) is 0 Å². The molecule has 0 saturated heterocycles. The van der Waals surface area contributed by atoms with E-state index in [1.165, 1.54) is 18.6 Å². The molecule has 92 valence electrons. The molecule has 0 spiro atoms. The van der Waals surface area contributed by atoms with Crippen molar-refractivity contribution >= 4 is 17.1 Å². The molecule has 5 nitrogen and oxygen atoms in total. The molecule has 0 bridgehead atoms. The maximum absolute atomic E-state index is 10.6. The predicted octanol–water partition coefficient (Wildman–Crippen LogP) is 2.63. The van der Waals surface area contributed by atoms with Crippen LogP contribution in [0.25, 0.3) is 0 Å². The molecule has 1 saturated carbocycles. The molecule has 17 heavy (non-hydrogen) atoms. The van der Waals surface area contributed by atoms with E-state index in [1.54, 1.807) is 6.07 Å². The minimum absolute atomic E-state index is 0.0276. The molecule has 2 rings (SSSR count). The highest BCUT2D eigenvalue weighted by molar-refractivity contribution is 5.69. The Bertz CT molecular complexity index is 457. The highest BCUT2D eigenvalue weighted by atomic mass is 16.6. The lowest BCUT2D eigenvalue weighted by molar-refractivity contribution is -0.384. The van der Waals surface area contributed by atoms with Crippen LogP contribution in [0.3, 0.4) is 0 Å². The van der Waals surface area contributed by atoms with E-state index in [9.17, 15) is 10.1 Å². The lowest BCUT2D eigenvalue weighted by Gasteiger charge is -2.09. The fraction of sp³-hybridized carbons (Fsp3) is 0.500. The Hall–Kier alpha value is -1.78. The molecule has 1 aliphatic rings. The number of hydrogen-bond acceptors (Lipinski definition) is 4. The van der Waals surface area contributed by atoms with Gasteiger partial charge in [-0.25, -0.2) is 0 Å². The number of nitrogens with zero attached hydrogens (tertiary/aromatic N) is 1. The van der Waals surface area contributed by atoms with Gasteiger partial charge < -0.3 is 11.1 Å². The Balaban J connectivity index is 2.00. The van der Waals surface area contributed by atoms with E-state index in [4.69, 9.17) is 5.73 Å². The van der Waals surface area contributed by atoms with E-state index in [2.05, 4.69) is 19.2 Å². The minimum atomic E-state index is -0.440. The first-order chi connectivity index (χ1) is 7.90. The molecule has 0 aliphatic heterocycles. The molecule has 1 unspecified atom stereocenters. The van der Waals surface area contributed by atoms with Crippen LogP contribution in [0.1, 0.15) is 20.3 Å². The van der Waals surface area contributed by atoms with Gasteiger partial charge in [0.1, 0.15) is 0 Å². The zero-order chi connectivity index (χ0) is 12.6. The van der Waals surface area contributed by atoms with E-state index in [0.29, 0.717) is 17.0 Å². The monoisotopic (exact) mass is 235 g/mol. The number of anilines is 2. The molecule has 1 aromatic carbocycles. The first-order valence-corrected chi connectivity index (χ1v) is 5.68. The molecule has 0 radical (unpaired) electrons. The summed E-state index contributed by atoms with van der Waals surface area (Å²) in [7, 11) is 0. The molecule has 1 atom stereocenters. The number of benzene rings is 1. The molecule has 1 aliphatic carbocycles. The number of nitrogens with two attached hydrogens (primary N) is 1. The smallest absolute Gasteiger partial charge is 0.271 e. The highest BCUT2D eigenvalue weighted by Crippen LogP contribution is 2.51. The summed E-state index contributed by atoms with van der Waals surface area (Å²) in [6.45, 7) is 5.34. The number of nitro benzene ring substituents is 1. The fourth-order valence-corrected chi connectivity index (χ4v) is 1.98. The Morgan fingerprint density at radius 1 is 1.59 bits per heavy atom. The number of rotatable bonds is 4. The summed E-state index contributed by atoms with van der Waals surface area (Å²) in [5, 5.41) is 13.8. The molecular formula is C12H17N3O2. The molecular weight excluding hydrogens is 218 g/mol. The maximum Gasteiger partial charge on any atom is 0.271 e. The number of non-ortho nitro benzene ring substituents is 1. The van der Waals surface area contributed by atoms with Crippen molar-refractivity contribution in [2.24, 2.45) is 11.3 Å². The third-order valence-corrected chi connectivity index (χ3v) is 3.50. The Morgan fingerprint density at radius 3 is 2.71 bits per heavy atom. The van der Waals surface area contributed by atoms with Crippen LogP contribution in [-0.4, -0.2) is 11.5 Å². The van der Waals surface area contributed by atoms with Gasteiger partial charge in [-0.3, -0.25) is 10.1 Å². The second-order valence-corrected chi connectivity index (χ2v) is 5.30. The van der Waals surface area contributed by atoms with Crippen molar-refractivity contribution in [3.63, 3.8) is 0 Å². The van der Waals surface area contributed by atoms with Crippen LogP contribution in [0.5, 0.6) is 0 Å². The number of nitro groups is 1. The predicted molar refractivity (Wildman–Crippen MR) is 67.9 cm³/mol. The summed E-state index contributed by atoms with van der Waals surface area (Å²) in [5.74, 6) is 0.664. The maximum atomic E-state index is 10.6. The minimum Gasteiger partial charge on any atom is -0.397 e. The summed E-state index contributed by atoms with van der Waals surface area (Å²) in [6.07, 6.45) is 1.22. The van der Waals surface area contributed by atoms with Crippen molar-refractivity contribution < 1.29 is 4.92 Å². The lowest BCUT2D eigenvalue weighted by Crippen LogP contribution is -2.09. The molecule has 1 aromatic rings. The number of nitrogens with one attached hydrogen (secondary N) is 1. The van der Waals surface area contributed by atoms with Gasteiger partial charge in [0.05, 0.1) is 16.3 Å². The Morgan fingerprint density at radius 2 is 2.24 bits per heavy atom. The Labute approximate surface area is 100 Å². The number of hydrogen-bond donors (Lipinski definition) is 2. The van der Waals surface area contributed by atoms with Gasteiger partial charge in [0.15, 0.2) is 0 Å². The van der Waals surface area contributed by atoms with Crippen LogP contribution < -0.4 is 11.1 Å². The van der Waals surface area contributed by atoms with Crippen molar-refractivity contribution in [2.45, 2.75) is 20.3 Å². The summed E-state index contributed by atoms with van der Waals surface area (Å²) in [5.41, 5.74) is 7.42. The molecule has 0 heterocycles. The standard InChI is InChI=1S/C12H17N3O2/c1-12(2)6-8(12)7-14-11-4-3-9(15(16)17)5-10(11)13/h3-5,8,14H,6-7,13H2,1-2H3. The third kappa shape index (κ3) is 2.49. The van der Waals surface area contributed by atoms with Crippen molar-refractivity contribution in [2.75, 3.05) is 17.6 Å². The molecule has 0 amide bonds. The van der Waals surface area contributed by atoms with Crippen LogP contribution in [0.2, 0.25) is 0 Å². The summed E-state index contributed by atoms with van der Waals surface area (Å²) in [6, 6.07) is 4.53. The van der Waals surface area contributed by atoms with Crippen LogP contribution in [0.15, 0.2) is 18.2 Å². The van der Waals surface area contributed by atoms with Crippen LogP contribution in [0, 0.1) is 21.4 Å². The van der Waals surface area contributed by atoms with Gasteiger partial charge in [0.2, 0.25) is 0 Å². The van der Waals surface area contributed by atoms with Gasteiger partial charge in [-0.05, 0) is 23.8 Å². The largest absolute Gasteiger partial charge is 0.397 e. The Kier molecular flexibility index (Phi) is 2.69. The quantitative estimate of drug-likeness (QED) is 0.477. The molecule has 3 N–H and O–H groups in total. The van der Waals surface area contributed by atoms with Crippen molar-refractivity contribution in [3.8, 4) is 0 Å². The van der Waals surface area contributed by atoms with Gasteiger partial charge in [0, 0.05) is 18.7 Å². The fourth-order valence-electron chi connectivity index (χ4n) is 1.98. The zero-order valence-electron chi connectivity index (χ0n) is 10.1. The SMILES string of the molecule is CC1(C)CC1CNc1ccc([N+](=O)[O-])cc1N. The van der Waals surface area contributed by atoms with E-state index in [-0.39, 0.29) is 5.69 Å². The average molecular weight is 235 g/mol. The van der Waals surface area contributed by atoms with Crippen LogP contribution in [-0.2, 0) is 0 Å². The van der Waals surface area contributed by atoms with Gasteiger partial charge in [0.25, 0.3) is 5.69 Å². The van der Waals surface area contributed by atoms with Crippen molar-refractivity contribution in [1.82, 2.24) is 0 Å². The normalized spacial score (nSPS) is 20.9. The van der Waals surface area contributed by atoms with E-state index in [1.807, 2.05) is 0 Å². The van der Waals surface area contributed by atoms with Gasteiger partial charge in [-0.2, -0.15) is 0 Å². The van der Waals surface area contributed by atoms with E-state index < -0.39 is 4.92 Å². The summed E-state index contributed by atoms with van der Waals surface area (Å²) >= 11 is 0. The topological polar surface area (TPSA) is 81.2 Å².